The van der Waals surface area contributed by atoms with Crippen LogP contribution in [0.25, 0.3) is 0 Å². The number of aliphatic carboxylic acids is 3. The lowest BCUT2D eigenvalue weighted by Gasteiger charge is -2.28. The third-order valence-electron chi connectivity index (χ3n) is 10.6. The number of hydrogen-bond acceptors (Lipinski definition) is 15. The molecule has 0 aliphatic heterocycles. The SMILES string of the molecule is CC(C)[C@H](NC(=O)[C@H](CCCCN)NC(=O)[C@H](C)NC(=O)[C@H](CCC(N)=O)NC(=O)[C@H](CCC(=O)O)NC(=O)[C@H](C)NC(=O)[C@@H](N)CCC(=O)O)C(=O)N[C@@H](Cc1ccccc1)C(=O)N[C@@H](CO)C(=O)O. The molecule has 0 spiro atoms. The van der Waals surface area contributed by atoms with Crippen LogP contribution in [0.2, 0.25) is 0 Å². The van der Waals surface area contributed by atoms with Crippen LogP contribution in [0.4, 0.5) is 0 Å². The van der Waals surface area contributed by atoms with Gasteiger partial charge >= 0.3 is 17.9 Å². The molecular formula is C44H69N11O16. The first-order chi connectivity index (χ1) is 33.3. The predicted molar refractivity (Wildman–Crippen MR) is 250 cm³/mol. The van der Waals surface area contributed by atoms with Crippen LogP contribution < -0.4 is 59.7 Å². The van der Waals surface area contributed by atoms with Crippen molar-refractivity contribution in [3.05, 3.63) is 35.9 Å². The van der Waals surface area contributed by atoms with Crippen LogP contribution in [0.5, 0.6) is 0 Å². The van der Waals surface area contributed by atoms with E-state index < -0.39 is 170 Å². The molecular weight excluding hydrogens is 939 g/mol. The number of primary amides is 1. The number of carboxylic acid groups (broad SMARTS) is 3. The van der Waals surface area contributed by atoms with Gasteiger partial charge in [-0.05, 0) is 70.4 Å². The van der Waals surface area contributed by atoms with E-state index in [1.54, 1.807) is 44.2 Å². The summed E-state index contributed by atoms with van der Waals surface area (Å²) in [6.45, 7) is 4.88. The maximum Gasteiger partial charge on any atom is 0.328 e. The molecule has 396 valence electrons. The second kappa shape index (κ2) is 31.8. The lowest BCUT2D eigenvalue weighted by atomic mass is 9.99. The van der Waals surface area contributed by atoms with E-state index in [1.165, 1.54) is 13.8 Å². The quantitative estimate of drug-likeness (QED) is 0.0289. The predicted octanol–water partition coefficient (Wildman–Crippen LogP) is -4.67. The molecule has 9 atom stereocenters. The average molecular weight is 1010 g/mol. The van der Waals surface area contributed by atoms with E-state index in [0.29, 0.717) is 18.4 Å². The van der Waals surface area contributed by atoms with Crippen molar-refractivity contribution in [3.63, 3.8) is 0 Å². The van der Waals surface area contributed by atoms with Crippen LogP contribution >= 0.6 is 0 Å². The molecule has 0 aliphatic carbocycles. The summed E-state index contributed by atoms with van der Waals surface area (Å²) < 4.78 is 0. The fourth-order valence-corrected chi connectivity index (χ4v) is 6.46. The highest BCUT2D eigenvalue weighted by molar-refractivity contribution is 5.98. The van der Waals surface area contributed by atoms with Gasteiger partial charge in [0.1, 0.15) is 48.3 Å². The lowest BCUT2D eigenvalue weighted by molar-refractivity contribution is -0.143. The molecule has 0 aromatic heterocycles. The summed E-state index contributed by atoms with van der Waals surface area (Å²) in [5.41, 5.74) is 17.2. The molecule has 0 bridgehead atoms. The maximum atomic E-state index is 13.9. The van der Waals surface area contributed by atoms with Crippen LogP contribution in [0.3, 0.4) is 0 Å². The number of unbranched alkanes of at least 4 members (excludes halogenated alkanes) is 1. The van der Waals surface area contributed by atoms with Gasteiger partial charge in [0.25, 0.3) is 0 Å². The summed E-state index contributed by atoms with van der Waals surface area (Å²) in [4.78, 5) is 153. The van der Waals surface area contributed by atoms with Crippen molar-refractivity contribution >= 4 is 71.1 Å². The van der Waals surface area contributed by atoms with E-state index in [-0.39, 0.29) is 25.8 Å². The zero-order chi connectivity index (χ0) is 54.0. The van der Waals surface area contributed by atoms with Crippen molar-refractivity contribution in [2.75, 3.05) is 13.2 Å². The lowest BCUT2D eigenvalue weighted by Crippen LogP contribution is -2.61. The zero-order valence-electron chi connectivity index (χ0n) is 40.1. The Hall–Kier alpha value is -7.26. The topological polar surface area (TPSA) is 460 Å². The summed E-state index contributed by atoms with van der Waals surface area (Å²) in [6, 6.07) is -4.74. The van der Waals surface area contributed by atoms with E-state index in [4.69, 9.17) is 22.3 Å². The average Bonchev–Trinajstić information content (AvgIpc) is 3.30. The highest BCUT2D eigenvalue weighted by Crippen LogP contribution is 2.11. The van der Waals surface area contributed by atoms with Gasteiger partial charge in [-0.15, -0.1) is 0 Å². The van der Waals surface area contributed by atoms with Gasteiger partial charge in [-0.25, -0.2) is 4.79 Å². The third kappa shape index (κ3) is 23.7. The monoisotopic (exact) mass is 1010 g/mol. The summed E-state index contributed by atoms with van der Waals surface area (Å²) in [5.74, 6) is -13.2. The van der Waals surface area contributed by atoms with Crippen LogP contribution in [0.15, 0.2) is 30.3 Å². The first-order valence-corrected chi connectivity index (χ1v) is 22.8. The molecule has 0 saturated heterocycles. The Morgan fingerprint density at radius 2 is 0.944 bits per heavy atom. The zero-order valence-corrected chi connectivity index (χ0v) is 40.1. The van der Waals surface area contributed by atoms with Gasteiger partial charge in [-0.1, -0.05) is 44.2 Å². The smallest absolute Gasteiger partial charge is 0.328 e. The normalized spacial score (nSPS) is 14.8. The molecule has 0 aliphatic rings. The Labute approximate surface area is 409 Å². The molecule has 27 heteroatoms. The van der Waals surface area contributed by atoms with Crippen molar-refractivity contribution in [2.45, 2.75) is 146 Å². The Morgan fingerprint density at radius 3 is 1.44 bits per heavy atom. The van der Waals surface area contributed by atoms with Gasteiger partial charge in [0.2, 0.25) is 53.2 Å². The molecule has 0 fully saturated rings. The van der Waals surface area contributed by atoms with Crippen molar-refractivity contribution in [1.29, 1.82) is 0 Å². The minimum Gasteiger partial charge on any atom is -0.481 e. The van der Waals surface area contributed by atoms with Gasteiger partial charge in [0, 0.05) is 25.7 Å². The third-order valence-corrected chi connectivity index (χ3v) is 10.6. The van der Waals surface area contributed by atoms with Gasteiger partial charge < -0.3 is 80.2 Å². The first-order valence-electron chi connectivity index (χ1n) is 22.8. The Morgan fingerprint density at radius 1 is 0.507 bits per heavy atom. The number of nitrogens with two attached hydrogens (primary N) is 3. The number of carbonyl (C=O) groups excluding carboxylic acids is 9. The van der Waals surface area contributed by atoms with Crippen molar-refractivity contribution < 1.29 is 78.0 Å². The van der Waals surface area contributed by atoms with Crippen molar-refractivity contribution in [2.24, 2.45) is 23.1 Å². The van der Waals surface area contributed by atoms with Gasteiger partial charge in [0.15, 0.2) is 0 Å². The van der Waals surface area contributed by atoms with Gasteiger partial charge in [-0.2, -0.15) is 0 Å². The summed E-state index contributed by atoms with van der Waals surface area (Å²) in [6.07, 6.45) is -2.22. The van der Waals surface area contributed by atoms with Gasteiger partial charge in [-0.3, -0.25) is 52.7 Å². The number of amides is 9. The van der Waals surface area contributed by atoms with Crippen LogP contribution in [0.1, 0.15) is 91.0 Å². The first kappa shape index (κ1) is 61.8. The number of hydrogen-bond donors (Lipinski definition) is 15. The standard InChI is InChI=1S/C44H69N11O16/c1-22(2)35(43(69)53-30(20-25-10-6-5-7-11-25)42(68)54-31(21-56)44(70)71)55-41(67)27(12-8-9-19-45)50-37(63)24(4)49-39(65)28(14-16-32(47)57)52-40(66)29(15-18-34(60)61)51-36(62)23(3)48-38(64)26(46)13-17-33(58)59/h5-7,10-11,22-24,26-31,35,56H,8-9,12-21,45-46H2,1-4H3,(H2,47,57)(H,48,64)(H,49,65)(H,50,63)(H,51,62)(H,52,66)(H,53,69)(H,54,68)(H,55,67)(H,58,59)(H,60,61)(H,70,71)/t23-,24-,26-,27-,28-,29-,30-,31-,35-/m0/s1. The number of benzene rings is 1. The molecule has 71 heavy (non-hydrogen) atoms. The van der Waals surface area contributed by atoms with Crippen LogP contribution in [0, 0.1) is 5.92 Å². The minimum absolute atomic E-state index is 0.0147. The van der Waals surface area contributed by atoms with Gasteiger partial charge in [0.05, 0.1) is 12.6 Å². The highest BCUT2D eigenvalue weighted by Gasteiger charge is 2.35. The molecule has 0 heterocycles. The largest absolute Gasteiger partial charge is 0.481 e. The van der Waals surface area contributed by atoms with Crippen LogP contribution in [-0.4, -0.2) is 159 Å². The van der Waals surface area contributed by atoms with Crippen molar-refractivity contribution in [3.8, 4) is 0 Å². The van der Waals surface area contributed by atoms with Crippen LogP contribution in [-0.2, 0) is 64.0 Å². The number of nitrogens with one attached hydrogen (secondary N) is 8. The van der Waals surface area contributed by atoms with E-state index in [9.17, 15) is 72.9 Å². The molecule has 1 aromatic carbocycles. The highest BCUT2D eigenvalue weighted by atomic mass is 16.4. The Bertz CT molecular complexity index is 2020. The Balaban J connectivity index is 3.29. The fraction of sp³-hybridized carbons (Fsp3) is 0.591. The number of rotatable bonds is 34. The van der Waals surface area contributed by atoms with Crippen molar-refractivity contribution in [1.82, 2.24) is 42.5 Å². The van der Waals surface area contributed by atoms with E-state index in [0.717, 1.165) is 0 Å². The second-order valence-corrected chi connectivity index (χ2v) is 17.0. The summed E-state index contributed by atoms with van der Waals surface area (Å²) >= 11 is 0. The summed E-state index contributed by atoms with van der Waals surface area (Å²) in [7, 11) is 0. The molecule has 1 rings (SSSR count). The molecule has 0 saturated carbocycles. The second-order valence-electron chi connectivity index (χ2n) is 17.0. The number of aliphatic hydroxyl groups excluding tert-OH is 1. The number of carbonyl (C=O) groups is 12. The summed E-state index contributed by atoms with van der Waals surface area (Å²) in [5, 5.41) is 56.1. The number of aliphatic hydroxyl groups is 1. The number of carboxylic acids is 3. The molecule has 0 unspecified atom stereocenters. The molecule has 18 N–H and O–H groups in total. The fourth-order valence-electron chi connectivity index (χ4n) is 6.46. The van der Waals surface area contributed by atoms with E-state index >= 15 is 0 Å². The van der Waals surface area contributed by atoms with E-state index in [1.807, 2.05) is 0 Å². The molecule has 1 aromatic rings. The molecule has 0 radical (unpaired) electrons. The molecule has 27 nitrogen and oxygen atoms in total. The molecule has 9 amide bonds. The minimum atomic E-state index is -1.69. The Kier molecular flexibility index (Phi) is 27.6. The van der Waals surface area contributed by atoms with E-state index in [2.05, 4.69) is 42.5 Å². The maximum absolute atomic E-state index is 13.9.